The van der Waals surface area contributed by atoms with Gasteiger partial charge >= 0.3 is 0 Å². The predicted octanol–water partition coefficient (Wildman–Crippen LogP) is 2.19. The first kappa shape index (κ1) is 14.7. The molecule has 6 heteroatoms. The van der Waals surface area contributed by atoms with Crippen molar-refractivity contribution in [3.8, 4) is 5.75 Å². The molecule has 1 saturated heterocycles. The number of benzene rings is 1. The van der Waals surface area contributed by atoms with Gasteiger partial charge in [-0.05, 0) is 34.7 Å². The van der Waals surface area contributed by atoms with E-state index in [0.717, 1.165) is 41.2 Å². The number of carbonyl (C=O) groups excluding carboxylic acids is 1. The summed E-state index contributed by atoms with van der Waals surface area (Å²) in [6.07, 6.45) is 0. The van der Waals surface area contributed by atoms with Crippen molar-refractivity contribution in [2.45, 2.75) is 0 Å². The van der Waals surface area contributed by atoms with Crippen LogP contribution in [0.2, 0.25) is 0 Å². The van der Waals surface area contributed by atoms with Crippen molar-refractivity contribution in [3.63, 3.8) is 0 Å². The number of halogens is 2. The van der Waals surface area contributed by atoms with Crippen LogP contribution in [0.1, 0.15) is 0 Å². The predicted molar refractivity (Wildman–Crippen MR) is 85.2 cm³/mol. The Hall–Kier alpha value is -0.690. The highest BCUT2D eigenvalue weighted by atomic mass is 127. The van der Waals surface area contributed by atoms with Crippen LogP contribution in [-0.2, 0) is 4.79 Å². The summed E-state index contributed by atoms with van der Waals surface area (Å²) in [6, 6.07) is 6.18. The van der Waals surface area contributed by atoms with Gasteiger partial charge in [-0.3, -0.25) is 4.79 Å². The number of ether oxygens (including phenoxy) is 1. The van der Waals surface area contributed by atoms with Crippen molar-refractivity contribution in [2.24, 2.45) is 0 Å². The first-order valence-corrected chi connectivity index (χ1v) is 7.69. The van der Waals surface area contributed by atoms with Crippen molar-refractivity contribution in [1.29, 1.82) is 0 Å². The first-order valence-electron chi connectivity index (χ1n) is 6.08. The molecule has 1 aliphatic rings. The van der Waals surface area contributed by atoms with Crippen LogP contribution in [-0.4, -0.2) is 50.0 Å². The molecule has 0 unspecified atom stereocenters. The Morgan fingerprint density at radius 2 is 2.05 bits per heavy atom. The Morgan fingerprint density at radius 1 is 1.37 bits per heavy atom. The number of alkyl halides is 1. The Labute approximate surface area is 131 Å². The van der Waals surface area contributed by atoms with Gasteiger partial charge in [-0.15, -0.1) is 11.6 Å². The van der Waals surface area contributed by atoms with Crippen LogP contribution >= 0.6 is 34.2 Å². The fraction of sp³-hybridized carbons (Fsp3) is 0.462. The summed E-state index contributed by atoms with van der Waals surface area (Å²) in [5, 5.41) is 0. The third-order valence-electron chi connectivity index (χ3n) is 3.25. The number of anilines is 1. The van der Waals surface area contributed by atoms with Crippen LogP contribution in [0.4, 0.5) is 5.69 Å². The lowest BCUT2D eigenvalue weighted by Gasteiger charge is -2.36. The summed E-state index contributed by atoms with van der Waals surface area (Å²) < 4.78 is 6.43. The molecule has 1 heterocycles. The quantitative estimate of drug-likeness (QED) is 0.582. The number of amides is 1. The van der Waals surface area contributed by atoms with Gasteiger partial charge in [-0.2, -0.15) is 0 Å². The van der Waals surface area contributed by atoms with E-state index in [4.69, 9.17) is 16.3 Å². The van der Waals surface area contributed by atoms with Crippen molar-refractivity contribution in [1.82, 2.24) is 4.90 Å². The molecule has 1 aromatic carbocycles. The van der Waals surface area contributed by atoms with E-state index in [1.807, 2.05) is 17.0 Å². The highest BCUT2D eigenvalue weighted by Gasteiger charge is 2.20. The summed E-state index contributed by atoms with van der Waals surface area (Å²) in [5.74, 6) is 0.969. The molecule has 0 spiro atoms. The van der Waals surface area contributed by atoms with Crippen molar-refractivity contribution < 1.29 is 9.53 Å². The fourth-order valence-electron chi connectivity index (χ4n) is 2.14. The van der Waals surface area contributed by atoms with E-state index in [0.29, 0.717) is 0 Å². The molecule has 4 nitrogen and oxygen atoms in total. The van der Waals surface area contributed by atoms with Crippen LogP contribution in [0, 0.1) is 3.57 Å². The second-order valence-corrected chi connectivity index (χ2v) is 5.75. The van der Waals surface area contributed by atoms with Gasteiger partial charge in [0, 0.05) is 37.9 Å². The van der Waals surface area contributed by atoms with Gasteiger partial charge < -0.3 is 14.5 Å². The maximum absolute atomic E-state index is 11.5. The largest absolute Gasteiger partial charge is 0.496 e. The lowest BCUT2D eigenvalue weighted by atomic mass is 10.2. The van der Waals surface area contributed by atoms with Crippen molar-refractivity contribution in [2.75, 3.05) is 44.1 Å². The second kappa shape index (κ2) is 6.65. The first-order chi connectivity index (χ1) is 9.15. The molecule has 1 aliphatic heterocycles. The molecule has 0 aromatic heterocycles. The van der Waals surface area contributed by atoms with Gasteiger partial charge in [-0.25, -0.2) is 0 Å². The maximum atomic E-state index is 11.5. The molecule has 2 rings (SSSR count). The molecule has 104 valence electrons. The summed E-state index contributed by atoms with van der Waals surface area (Å²) in [6.45, 7) is 3.10. The van der Waals surface area contributed by atoms with E-state index in [1.54, 1.807) is 7.11 Å². The van der Waals surface area contributed by atoms with Gasteiger partial charge in [0.15, 0.2) is 0 Å². The van der Waals surface area contributed by atoms with Gasteiger partial charge in [0.1, 0.15) is 11.6 Å². The molecule has 19 heavy (non-hydrogen) atoms. The molecule has 1 amide bonds. The van der Waals surface area contributed by atoms with Gasteiger partial charge in [0.2, 0.25) is 5.91 Å². The average molecular weight is 395 g/mol. The van der Waals surface area contributed by atoms with E-state index >= 15 is 0 Å². The number of nitrogens with zero attached hydrogens (tertiary/aromatic N) is 2. The highest BCUT2D eigenvalue weighted by Crippen LogP contribution is 2.27. The van der Waals surface area contributed by atoms with Crippen LogP contribution < -0.4 is 9.64 Å². The van der Waals surface area contributed by atoms with Gasteiger partial charge in [0.05, 0.1) is 10.7 Å². The molecule has 1 fully saturated rings. The molecule has 0 N–H and O–H groups in total. The minimum Gasteiger partial charge on any atom is -0.496 e. The van der Waals surface area contributed by atoms with E-state index in [1.165, 1.54) is 0 Å². The zero-order valence-electron chi connectivity index (χ0n) is 10.7. The Kier molecular flexibility index (Phi) is 5.15. The number of rotatable bonds is 3. The number of hydrogen-bond donors (Lipinski definition) is 0. The molecule has 0 radical (unpaired) electrons. The second-order valence-electron chi connectivity index (χ2n) is 4.32. The van der Waals surface area contributed by atoms with Crippen LogP contribution in [0.15, 0.2) is 18.2 Å². The fourth-order valence-corrected chi connectivity index (χ4v) is 2.87. The zero-order chi connectivity index (χ0) is 13.8. The summed E-state index contributed by atoms with van der Waals surface area (Å²) in [5.41, 5.74) is 1.13. The average Bonchev–Trinajstić information content (AvgIpc) is 2.47. The molecule has 0 saturated carbocycles. The number of piperazine rings is 1. The van der Waals surface area contributed by atoms with E-state index in [9.17, 15) is 4.79 Å². The molecular formula is C13H16ClIN2O2. The molecule has 0 aliphatic carbocycles. The van der Waals surface area contributed by atoms with Crippen molar-refractivity contribution in [3.05, 3.63) is 21.8 Å². The normalized spacial score (nSPS) is 15.5. The van der Waals surface area contributed by atoms with Gasteiger partial charge in [0.25, 0.3) is 0 Å². The minimum atomic E-state index is 0.0153. The minimum absolute atomic E-state index is 0.0153. The van der Waals surface area contributed by atoms with E-state index in [-0.39, 0.29) is 11.8 Å². The number of methoxy groups -OCH3 is 1. The van der Waals surface area contributed by atoms with Crippen LogP contribution in [0.25, 0.3) is 0 Å². The van der Waals surface area contributed by atoms with Crippen LogP contribution in [0.5, 0.6) is 5.75 Å². The lowest BCUT2D eigenvalue weighted by Crippen LogP contribution is -2.49. The third kappa shape index (κ3) is 3.45. The van der Waals surface area contributed by atoms with Crippen molar-refractivity contribution >= 4 is 45.8 Å². The third-order valence-corrected chi connectivity index (χ3v) is 4.37. The summed E-state index contributed by atoms with van der Waals surface area (Å²) >= 11 is 7.83. The lowest BCUT2D eigenvalue weighted by molar-refractivity contribution is -0.128. The summed E-state index contributed by atoms with van der Waals surface area (Å²) in [7, 11) is 1.68. The van der Waals surface area contributed by atoms with E-state index < -0.39 is 0 Å². The molecular weight excluding hydrogens is 379 g/mol. The Balaban J connectivity index is 2.03. The standard InChI is InChI=1S/C13H16ClIN2O2/c1-19-12-8-10(2-3-11(12)15)16-4-6-17(7-5-16)13(18)9-14/h2-3,8H,4-7,9H2,1H3. The van der Waals surface area contributed by atoms with Crippen LogP contribution in [0.3, 0.4) is 0 Å². The molecule has 0 bridgehead atoms. The highest BCUT2D eigenvalue weighted by molar-refractivity contribution is 14.1. The SMILES string of the molecule is COc1cc(N2CCN(C(=O)CCl)CC2)ccc1I. The zero-order valence-corrected chi connectivity index (χ0v) is 13.6. The maximum Gasteiger partial charge on any atom is 0.237 e. The number of hydrogen-bond acceptors (Lipinski definition) is 3. The smallest absolute Gasteiger partial charge is 0.237 e. The van der Waals surface area contributed by atoms with Gasteiger partial charge in [-0.1, -0.05) is 0 Å². The topological polar surface area (TPSA) is 32.8 Å². The van der Waals surface area contributed by atoms with E-state index in [2.05, 4.69) is 33.6 Å². The monoisotopic (exact) mass is 394 g/mol. The Morgan fingerprint density at radius 3 is 2.63 bits per heavy atom. The molecule has 0 atom stereocenters. The Bertz CT molecular complexity index is 462. The number of carbonyl (C=O) groups is 1. The summed E-state index contributed by atoms with van der Waals surface area (Å²) in [4.78, 5) is 15.6. The molecule has 1 aromatic rings.